The second kappa shape index (κ2) is 5.87. The molecule has 2 aromatic rings. The summed E-state index contributed by atoms with van der Waals surface area (Å²) >= 11 is 7.36. The number of thioether (sulfide) groups is 1. The summed E-state index contributed by atoms with van der Waals surface area (Å²) in [7, 11) is 0. The number of hydrogen-bond acceptors (Lipinski definition) is 4. The molecule has 21 heavy (non-hydrogen) atoms. The summed E-state index contributed by atoms with van der Waals surface area (Å²) in [4.78, 5) is 12.6. The van der Waals surface area contributed by atoms with Crippen LogP contribution in [0.25, 0.3) is 6.08 Å². The molecule has 1 aliphatic heterocycles. The second-order valence-electron chi connectivity index (χ2n) is 4.60. The van der Waals surface area contributed by atoms with Gasteiger partial charge in [-0.05, 0) is 42.8 Å². The molecule has 108 valence electrons. The van der Waals surface area contributed by atoms with Crippen LogP contribution in [0.4, 0.5) is 5.69 Å². The van der Waals surface area contributed by atoms with E-state index in [0.717, 1.165) is 11.3 Å². The van der Waals surface area contributed by atoms with Crippen LogP contribution in [0.2, 0.25) is 5.02 Å². The van der Waals surface area contributed by atoms with Gasteiger partial charge in [0.25, 0.3) is 5.91 Å². The Bertz CT molecular complexity index is 698. The SMILES string of the molecule is Cc1cc(Cl)ccc1NC1NC(=O)/C(=C/c2ccco2)S1. The Kier molecular flexibility index (Phi) is 3.94. The predicted molar refractivity (Wildman–Crippen MR) is 86.0 cm³/mol. The molecule has 0 saturated carbocycles. The van der Waals surface area contributed by atoms with Crippen molar-refractivity contribution in [3.8, 4) is 0 Å². The van der Waals surface area contributed by atoms with Crippen LogP contribution in [-0.2, 0) is 4.79 Å². The van der Waals surface area contributed by atoms with Crippen molar-refractivity contribution in [2.45, 2.75) is 12.4 Å². The smallest absolute Gasteiger partial charge is 0.260 e. The van der Waals surface area contributed by atoms with Crippen molar-refractivity contribution < 1.29 is 9.21 Å². The average Bonchev–Trinajstić information content (AvgIpc) is 3.04. The number of benzene rings is 1. The first-order valence-corrected chi connectivity index (χ1v) is 7.63. The minimum absolute atomic E-state index is 0.111. The van der Waals surface area contributed by atoms with Gasteiger partial charge in [0, 0.05) is 16.8 Å². The van der Waals surface area contributed by atoms with Crippen LogP contribution in [0.1, 0.15) is 11.3 Å². The maximum absolute atomic E-state index is 11.9. The highest BCUT2D eigenvalue weighted by atomic mass is 35.5. The molecular formula is C15H13ClN2O2S. The first-order chi connectivity index (χ1) is 10.1. The van der Waals surface area contributed by atoms with E-state index in [2.05, 4.69) is 10.6 Å². The number of nitrogens with one attached hydrogen (secondary N) is 2. The van der Waals surface area contributed by atoms with E-state index >= 15 is 0 Å². The Hall–Kier alpha value is -1.85. The van der Waals surface area contributed by atoms with Crippen molar-refractivity contribution in [2.24, 2.45) is 0 Å². The van der Waals surface area contributed by atoms with Gasteiger partial charge < -0.3 is 15.1 Å². The normalized spacial score (nSPS) is 19.8. The van der Waals surface area contributed by atoms with Crippen molar-refractivity contribution in [2.75, 3.05) is 5.32 Å². The summed E-state index contributed by atoms with van der Waals surface area (Å²) < 4.78 is 5.22. The van der Waals surface area contributed by atoms with Gasteiger partial charge in [-0.15, -0.1) is 0 Å². The number of halogens is 1. The van der Waals surface area contributed by atoms with Crippen molar-refractivity contribution >= 4 is 41.0 Å². The minimum atomic E-state index is -0.210. The van der Waals surface area contributed by atoms with E-state index in [4.69, 9.17) is 16.0 Å². The molecule has 0 aliphatic carbocycles. The quantitative estimate of drug-likeness (QED) is 0.844. The Morgan fingerprint density at radius 1 is 1.43 bits per heavy atom. The van der Waals surface area contributed by atoms with Crippen LogP contribution < -0.4 is 10.6 Å². The van der Waals surface area contributed by atoms with Crippen molar-refractivity contribution in [3.63, 3.8) is 0 Å². The van der Waals surface area contributed by atoms with E-state index in [-0.39, 0.29) is 11.4 Å². The highest BCUT2D eigenvalue weighted by molar-refractivity contribution is 8.05. The third kappa shape index (κ3) is 3.25. The Morgan fingerprint density at radius 3 is 3.00 bits per heavy atom. The molecule has 0 spiro atoms. The third-order valence-corrected chi connectivity index (χ3v) is 4.29. The average molecular weight is 321 g/mol. The molecular weight excluding hydrogens is 308 g/mol. The maximum atomic E-state index is 11.9. The lowest BCUT2D eigenvalue weighted by molar-refractivity contribution is -0.116. The summed E-state index contributed by atoms with van der Waals surface area (Å²) in [6.45, 7) is 1.97. The fourth-order valence-corrected chi connectivity index (χ4v) is 3.18. The van der Waals surface area contributed by atoms with Crippen molar-refractivity contribution in [1.82, 2.24) is 5.32 Å². The lowest BCUT2D eigenvalue weighted by Gasteiger charge is -2.14. The minimum Gasteiger partial charge on any atom is -0.465 e. The van der Waals surface area contributed by atoms with Gasteiger partial charge in [0.05, 0.1) is 11.2 Å². The fourth-order valence-electron chi connectivity index (χ4n) is 2.00. The van der Waals surface area contributed by atoms with Gasteiger partial charge in [-0.3, -0.25) is 4.79 Å². The van der Waals surface area contributed by atoms with Crippen molar-refractivity contribution in [3.05, 3.63) is 57.8 Å². The molecule has 0 radical (unpaired) electrons. The molecule has 1 atom stereocenters. The summed E-state index contributed by atoms with van der Waals surface area (Å²) in [6, 6.07) is 9.20. The van der Waals surface area contributed by atoms with Gasteiger partial charge in [-0.2, -0.15) is 0 Å². The zero-order chi connectivity index (χ0) is 14.8. The zero-order valence-electron chi connectivity index (χ0n) is 11.2. The zero-order valence-corrected chi connectivity index (χ0v) is 12.8. The van der Waals surface area contributed by atoms with Gasteiger partial charge in [-0.25, -0.2) is 0 Å². The Labute approximate surface area is 131 Å². The monoisotopic (exact) mass is 320 g/mol. The van der Waals surface area contributed by atoms with Gasteiger partial charge in [0.15, 0.2) is 5.50 Å². The number of anilines is 1. The molecule has 1 aromatic carbocycles. The summed E-state index contributed by atoms with van der Waals surface area (Å²) in [5.41, 5.74) is 1.76. The highest BCUT2D eigenvalue weighted by Crippen LogP contribution is 2.31. The molecule has 3 rings (SSSR count). The fraction of sp³-hybridized carbons (Fsp3) is 0.133. The second-order valence-corrected chi connectivity index (χ2v) is 6.18. The van der Waals surface area contributed by atoms with E-state index < -0.39 is 0 Å². The van der Waals surface area contributed by atoms with Crippen LogP contribution >= 0.6 is 23.4 Å². The number of hydrogen-bond donors (Lipinski definition) is 2. The van der Waals surface area contributed by atoms with E-state index in [1.807, 2.05) is 31.2 Å². The van der Waals surface area contributed by atoms with Crippen LogP contribution in [0.5, 0.6) is 0 Å². The molecule has 1 amide bonds. The standard InChI is InChI=1S/C15H13ClN2O2S/c1-9-7-10(16)4-5-12(9)17-15-18-14(19)13(21-15)8-11-3-2-6-20-11/h2-8,15,17H,1H3,(H,18,19)/b13-8-. The number of carbonyl (C=O) groups excluding carboxylic acids is 1. The molecule has 0 bridgehead atoms. The van der Waals surface area contributed by atoms with Gasteiger partial charge in [-0.1, -0.05) is 23.4 Å². The molecule has 1 aliphatic rings. The molecule has 1 saturated heterocycles. The molecule has 2 N–H and O–H groups in total. The van der Waals surface area contributed by atoms with Gasteiger partial charge in [0.1, 0.15) is 5.76 Å². The van der Waals surface area contributed by atoms with Gasteiger partial charge >= 0.3 is 0 Å². The summed E-state index contributed by atoms with van der Waals surface area (Å²) in [6.07, 6.45) is 3.31. The van der Waals surface area contributed by atoms with E-state index in [0.29, 0.717) is 15.7 Å². The number of rotatable bonds is 3. The molecule has 4 nitrogen and oxygen atoms in total. The van der Waals surface area contributed by atoms with Crippen LogP contribution in [0.3, 0.4) is 0 Å². The highest BCUT2D eigenvalue weighted by Gasteiger charge is 2.27. The Morgan fingerprint density at radius 2 is 2.29 bits per heavy atom. The lowest BCUT2D eigenvalue weighted by atomic mass is 10.2. The lowest BCUT2D eigenvalue weighted by Crippen LogP contribution is -2.31. The summed E-state index contributed by atoms with van der Waals surface area (Å²) in [5, 5.41) is 6.85. The first kappa shape index (κ1) is 14.1. The van der Waals surface area contributed by atoms with Crippen LogP contribution in [0, 0.1) is 6.92 Å². The number of amides is 1. The Balaban J connectivity index is 1.73. The molecule has 1 fully saturated rings. The number of aryl methyl sites for hydroxylation is 1. The topological polar surface area (TPSA) is 54.3 Å². The molecule has 2 heterocycles. The van der Waals surface area contributed by atoms with Crippen LogP contribution in [-0.4, -0.2) is 11.4 Å². The van der Waals surface area contributed by atoms with E-state index in [9.17, 15) is 4.79 Å². The van der Waals surface area contributed by atoms with E-state index in [1.165, 1.54) is 11.8 Å². The van der Waals surface area contributed by atoms with E-state index in [1.54, 1.807) is 18.4 Å². The van der Waals surface area contributed by atoms with Crippen molar-refractivity contribution in [1.29, 1.82) is 0 Å². The molecule has 1 aromatic heterocycles. The maximum Gasteiger partial charge on any atom is 0.260 e. The number of furan rings is 1. The molecule has 6 heteroatoms. The van der Waals surface area contributed by atoms with Gasteiger partial charge in [0.2, 0.25) is 0 Å². The first-order valence-electron chi connectivity index (χ1n) is 6.37. The van der Waals surface area contributed by atoms with Crippen LogP contribution in [0.15, 0.2) is 45.9 Å². The summed E-state index contributed by atoms with van der Waals surface area (Å²) in [5.74, 6) is 0.552. The third-order valence-electron chi connectivity index (χ3n) is 3.02. The molecule has 1 unspecified atom stereocenters. The number of carbonyl (C=O) groups is 1. The largest absolute Gasteiger partial charge is 0.465 e. The predicted octanol–water partition coefficient (Wildman–Crippen LogP) is 3.84.